The lowest BCUT2D eigenvalue weighted by atomic mass is 10.4. The fourth-order valence-electron chi connectivity index (χ4n) is 0.428. The molecule has 0 saturated heterocycles. The Labute approximate surface area is 65.5 Å². The lowest BCUT2D eigenvalue weighted by Crippen LogP contribution is -2.17. The van der Waals surface area contributed by atoms with E-state index in [1.54, 1.807) is 6.92 Å². The number of methoxy groups -OCH3 is 1. The minimum absolute atomic E-state index is 0.126. The van der Waals surface area contributed by atoms with E-state index in [1.165, 1.54) is 7.11 Å². The van der Waals surface area contributed by atoms with Crippen LogP contribution in [0.15, 0.2) is 0 Å². The van der Waals surface area contributed by atoms with E-state index in [-0.39, 0.29) is 19.1 Å². The van der Waals surface area contributed by atoms with Gasteiger partial charge in [0, 0.05) is 7.11 Å². The van der Waals surface area contributed by atoms with Gasteiger partial charge in [-0.2, -0.15) is 0 Å². The van der Waals surface area contributed by atoms with Crippen molar-refractivity contribution in [2.45, 2.75) is 19.4 Å². The number of carbonyl (C=O) groups excluding carboxylic acids is 1. The molecule has 0 heterocycles. The van der Waals surface area contributed by atoms with Crippen molar-refractivity contribution in [1.29, 1.82) is 0 Å². The first-order valence-electron chi connectivity index (χ1n) is 3.45. The molecule has 0 aliphatic heterocycles. The number of carbonyl (C=O) groups is 1. The summed E-state index contributed by atoms with van der Waals surface area (Å²) in [5, 5.41) is 0. The quantitative estimate of drug-likeness (QED) is 0.567. The highest BCUT2D eigenvalue weighted by molar-refractivity contribution is 5.69. The molecule has 0 aliphatic rings. The van der Waals surface area contributed by atoms with E-state index in [0.717, 1.165) is 0 Å². The summed E-state index contributed by atoms with van der Waals surface area (Å²) in [6, 6.07) is 0. The minimum atomic E-state index is -0.666. The van der Waals surface area contributed by atoms with E-state index >= 15 is 0 Å². The molecule has 66 valence electrons. The lowest BCUT2D eigenvalue weighted by Gasteiger charge is -2.08. The first kappa shape index (κ1) is 10.4. The third kappa shape index (κ3) is 5.79. The van der Waals surface area contributed by atoms with Crippen molar-refractivity contribution in [3.8, 4) is 0 Å². The van der Waals surface area contributed by atoms with Gasteiger partial charge in [-0.05, 0) is 6.92 Å². The molecule has 0 aliphatic carbocycles. The van der Waals surface area contributed by atoms with Crippen LogP contribution in [0.2, 0.25) is 0 Å². The summed E-state index contributed by atoms with van der Waals surface area (Å²) in [4.78, 5) is 10.5. The third-order valence-electron chi connectivity index (χ3n) is 1.18. The van der Waals surface area contributed by atoms with Crippen LogP contribution in [0.1, 0.15) is 13.3 Å². The van der Waals surface area contributed by atoms with E-state index in [4.69, 9.17) is 4.74 Å². The van der Waals surface area contributed by atoms with Crippen molar-refractivity contribution in [3.05, 3.63) is 0 Å². The smallest absolute Gasteiger partial charge is 0.308 e. The Morgan fingerprint density at radius 3 is 2.73 bits per heavy atom. The van der Waals surface area contributed by atoms with E-state index in [9.17, 15) is 9.18 Å². The Morgan fingerprint density at radius 1 is 1.64 bits per heavy atom. The van der Waals surface area contributed by atoms with Crippen molar-refractivity contribution in [2.24, 2.45) is 0 Å². The second kappa shape index (κ2) is 6.09. The van der Waals surface area contributed by atoms with Gasteiger partial charge in [0.05, 0.1) is 19.2 Å². The van der Waals surface area contributed by atoms with Gasteiger partial charge in [0.2, 0.25) is 0 Å². The highest BCUT2D eigenvalue weighted by atomic mass is 19.1. The second-order valence-electron chi connectivity index (χ2n) is 2.17. The molecule has 0 N–H and O–H groups in total. The van der Waals surface area contributed by atoms with Gasteiger partial charge in [-0.1, -0.05) is 0 Å². The molecule has 0 spiro atoms. The number of halogens is 1. The van der Waals surface area contributed by atoms with Crippen molar-refractivity contribution in [1.82, 2.24) is 0 Å². The van der Waals surface area contributed by atoms with Crippen molar-refractivity contribution >= 4 is 5.97 Å². The summed E-state index contributed by atoms with van der Waals surface area (Å²) in [6.45, 7) is 1.29. The van der Waals surface area contributed by atoms with Gasteiger partial charge in [0.1, 0.15) is 6.61 Å². The van der Waals surface area contributed by atoms with Gasteiger partial charge in [-0.3, -0.25) is 9.18 Å². The zero-order chi connectivity index (χ0) is 8.69. The Kier molecular flexibility index (Phi) is 5.74. The minimum Gasteiger partial charge on any atom is -0.463 e. The summed E-state index contributed by atoms with van der Waals surface area (Å²) in [5.41, 5.74) is 0. The molecule has 1 unspecified atom stereocenters. The summed E-state index contributed by atoms with van der Waals surface area (Å²) < 4.78 is 21.0. The predicted octanol–water partition coefficient (Wildman–Crippen LogP) is 0.924. The van der Waals surface area contributed by atoms with Crippen LogP contribution >= 0.6 is 0 Å². The molecule has 4 heteroatoms. The molecule has 0 aromatic carbocycles. The normalized spacial score (nSPS) is 12.6. The van der Waals surface area contributed by atoms with Crippen LogP contribution in [0.5, 0.6) is 0 Å². The monoisotopic (exact) mass is 164 g/mol. The second-order valence-corrected chi connectivity index (χ2v) is 2.17. The standard InChI is InChI=1S/C7H13FO3/c1-6(10-2)5-11-7(9)3-4-8/h6H,3-5H2,1-2H3. The Balaban J connectivity index is 3.30. The lowest BCUT2D eigenvalue weighted by molar-refractivity contribution is -0.147. The third-order valence-corrected chi connectivity index (χ3v) is 1.18. The number of esters is 1. The Morgan fingerprint density at radius 2 is 2.27 bits per heavy atom. The maximum absolute atomic E-state index is 11.5. The molecule has 11 heavy (non-hydrogen) atoms. The van der Waals surface area contributed by atoms with Crippen molar-refractivity contribution in [2.75, 3.05) is 20.4 Å². The molecule has 0 saturated carbocycles. The largest absolute Gasteiger partial charge is 0.463 e. The summed E-state index contributed by atoms with van der Waals surface area (Å²) >= 11 is 0. The zero-order valence-electron chi connectivity index (χ0n) is 6.80. The molecule has 1 atom stereocenters. The van der Waals surface area contributed by atoms with Crippen LogP contribution in [0.3, 0.4) is 0 Å². The number of rotatable bonds is 5. The first-order chi connectivity index (χ1) is 5.20. The summed E-state index contributed by atoms with van der Waals surface area (Å²) in [6.07, 6.45) is -0.297. The molecule has 0 radical (unpaired) electrons. The van der Waals surface area contributed by atoms with E-state index < -0.39 is 12.6 Å². The first-order valence-corrected chi connectivity index (χ1v) is 3.45. The van der Waals surface area contributed by atoms with Crippen molar-refractivity contribution < 1.29 is 18.7 Å². The maximum Gasteiger partial charge on any atom is 0.308 e. The fourth-order valence-corrected chi connectivity index (χ4v) is 0.428. The van der Waals surface area contributed by atoms with Crippen LogP contribution < -0.4 is 0 Å². The topological polar surface area (TPSA) is 35.5 Å². The average molecular weight is 164 g/mol. The van der Waals surface area contributed by atoms with E-state index in [1.807, 2.05) is 0 Å². The number of alkyl halides is 1. The molecule has 0 aromatic heterocycles. The molecule has 0 bridgehead atoms. The summed E-state index contributed by atoms with van der Waals surface area (Å²) in [7, 11) is 1.52. The Bertz CT molecular complexity index is 116. The van der Waals surface area contributed by atoms with Crippen LogP contribution in [-0.4, -0.2) is 32.5 Å². The van der Waals surface area contributed by atoms with Gasteiger partial charge < -0.3 is 9.47 Å². The van der Waals surface area contributed by atoms with Crippen LogP contribution in [0.25, 0.3) is 0 Å². The van der Waals surface area contributed by atoms with Gasteiger partial charge in [-0.15, -0.1) is 0 Å². The van der Waals surface area contributed by atoms with Crippen LogP contribution in [0, 0.1) is 0 Å². The summed E-state index contributed by atoms with van der Waals surface area (Å²) in [5.74, 6) is -0.517. The maximum atomic E-state index is 11.5. The highest BCUT2D eigenvalue weighted by Gasteiger charge is 2.04. The molecular formula is C7H13FO3. The van der Waals surface area contributed by atoms with Gasteiger partial charge in [0.15, 0.2) is 0 Å². The zero-order valence-corrected chi connectivity index (χ0v) is 6.80. The van der Waals surface area contributed by atoms with Gasteiger partial charge in [0.25, 0.3) is 0 Å². The van der Waals surface area contributed by atoms with Gasteiger partial charge in [-0.25, -0.2) is 0 Å². The average Bonchev–Trinajstić information content (AvgIpc) is 2.01. The van der Waals surface area contributed by atoms with Crippen LogP contribution in [0.4, 0.5) is 4.39 Å². The Hall–Kier alpha value is -0.640. The number of hydrogen-bond donors (Lipinski definition) is 0. The fraction of sp³-hybridized carbons (Fsp3) is 0.857. The highest BCUT2D eigenvalue weighted by Crippen LogP contribution is 1.92. The number of ether oxygens (including phenoxy) is 2. The molecule has 0 fully saturated rings. The van der Waals surface area contributed by atoms with Crippen LogP contribution in [-0.2, 0) is 14.3 Å². The van der Waals surface area contributed by atoms with E-state index in [0.29, 0.717) is 0 Å². The predicted molar refractivity (Wildman–Crippen MR) is 38.0 cm³/mol. The number of hydrogen-bond acceptors (Lipinski definition) is 3. The van der Waals surface area contributed by atoms with Crippen molar-refractivity contribution in [3.63, 3.8) is 0 Å². The SMILES string of the molecule is COC(C)COC(=O)CCF. The van der Waals surface area contributed by atoms with E-state index in [2.05, 4.69) is 4.74 Å². The molecule has 0 amide bonds. The molecule has 3 nitrogen and oxygen atoms in total. The molecular weight excluding hydrogens is 151 g/mol. The van der Waals surface area contributed by atoms with Gasteiger partial charge >= 0.3 is 5.97 Å². The molecule has 0 rings (SSSR count). The molecule has 0 aromatic rings.